The molecule has 0 radical (unpaired) electrons. The lowest BCUT2D eigenvalue weighted by molar-refractivity contribution is -0.147. The molecule has 0 aromatic heterocycles. The van der Waals surface area contributed by atoms with Crippen LogP contribution in [0.25, 0.3) is 0 Å². The molecule has 0 spiro atoms. The molecule has 0 amide bonds. The summed E-state index contributed by atoms with van der Waals surface area (Å²) in [4.78, 5) is 11.3. The third-order valence-electron chi connectivity index (χ3n) is 2.75. The van der Waals surface area contributed by atoms with Gasteiger partial charge in [-0.15, -0.1) is 0 Å². The summed E-state index contributed by atoms with van der Waals surface area (Å²) >= 11 is 0. The number of hydrogen-bond acceptors (Lipinski definition) is 2. The molecule has 0 aliphatic carbocycles. The van der Waals surface area contributed by atoms with Gasteiger partial charge in [0.05, 0.1) is 6.10 Å². The second-order valence-corrected chi connectivity index (χ2v) is 3.56. The molecule has 1 rings (SSSR count). The largest absolute Gasteiger partial charge is 0.367 e. The Morgan fingerprint density at radius 2 is 2.08 bits per heavy atom. The van der Waals surface area contributed by atoms with Crippen molar-refractivity contribution in [1.82, 2.24) is 0 Å². The first-order valence-corrected chi connectivity index (χ1v) is 4.87. The summed E-state index contributed by atoms with van der Waals surface area (Å²) < 4.78 is 5.60. The molecule has 0 N–H and O–H groups in total. The van der Waals surface area contributed by atoms with E-state index in [0.717, 1.165) is 19.3 Å². The first kappa shape index (κ1) is 9.72. The zero-order chi connectivity index (χ0) is 9.14. The predicted molar refractivity (Wildman–Crippen MR) is 48.0 cm³/mol. The monoisotopic (exact) mass is 170 g/mol. The van der Waals surface area contributed by atoms with Gasteiger partial charge in [0.1, 0.15) is 6.10 Å². The summed E-state index contributed by atoms with van der Waals surface area (Å²) in [6, 6.07) is 0. The minimum atomic E-state index is -0.169. The van der Waals surface area contributed by atoms with Crippen LogP contribution in [0.4, 0.5) is 0 Å². The van der Waals surface area contributed by atoms with Gasteiger partial charge in [-0.25, -0.2) is 0 Å². The van der Waals surface area contributed by atoms with Gasteiger partial charge < -0.3 is 4.74 Å². The Labute approximate surface area is 74.3 Å². The van der Waals surface area contributed by atoms with E-state index in [1.807, 2.05) is 6.92 Å². The summed E-state index contributed by atoms with van der Waals surface area (Å²) in [6.07, 6.45) is 2.93. The van der Waals surface area contributed by atoms with Crippen LogP contribution in [-0.2, 0) is 9.53 Å². The minimum Gasteiger partial charge on any atom is -0.367 e. The summed E-state index contributed by atoms with van der Waals surface area (Å²) in [5.74, 6) is 0.727. The molecule has 2 nitrogen and oxygen atoms in total. The van der Waals surface area contributed by atoms with E-state index in [-0.39, 0.29) is 11.9 Å². The lowest BCUT2D eigenvalue weighted by Gasteiger charge is -2.33. The fourth-order valence-electron chi connectivity index (χ4n) is 1.84. The van der Waals surface area contributed by atoms with Crippen molar-refractivity contribution in [3.05, 3.63) is 0 Å². The number of Topliss-reactive ketones (excluding diaryl/α,β-unsaturated/α-hetero) is 1. The maximum Gasteiger partial charge on any atom is 0.161 e. The highest BCUT2D eigenvalue weighted by Gasteiger charge is 2.32. The van der Waals surface area contributed by atoms with Crippen molar-refractivity contribution < 1.29 is 9.53 Å². The molecule has 70 valence electrons. The molecule has 0 aromatic carbocycles. The molecule has 0 saturated carbocycles. The van der Waals surface area contributed by atoms with Gasteiger partial charge in [-0.3, -0.25) is 4.79 Å². The second-order valence-electron chi connectivity index (χ2n) is 3.56. The first-order valence-electron chi connectivity index (χ1n) is 4.87. The summed E-state index contributed by atoms with van der Waals surface area (Å²) in [6.45, 7) is 6.10. The van der Waals surface area contributed by atoms with Crippen molar-refractivity contribution in [3.63, 3.8) is 0 Å². The van der Waals surface area contributed by atoms with Crippen molar-refractivity contribution in [3.8, 4) is 0 Å². The normalized spacial score (nSPS) is 36.9. The minimum absolute atomic E-state index is 0.169. The Morgan fingerprint density at radius 3 is 2.58 bits per heavy atom. The van der Waals surface area contributed by atoms with Crippen LogP contribution in [-0.4, -0.2) is 18.0 Å². The van der Waals surface area contributed by atoms with Crippen LogP contribution in [0.15, 0.2) is 0 Å². The van der Waals surface area contributed by atoms with E-state index >= 15 is 0 Å². The van der Waals surface area contributed by atoms with Gasteiger partial charge in [-0.1, -0.05) is 20.3 Å². The Morgan fingerprint density at radius 1 is 1.42 bits per heavy atom. The topological polar surface area (TPSA) is 26.3 Å². The van der Waals surface area contributed by atoms with Crippen LogP contribution in [0, 0.1) is 5.92 Å². The number of carbonyl (C=O) groups excluding carboxylic acids is 1. The van der Waals surface area contributed by atoms with E-state index in [9.17, 15) is 4.79 Å². The molecule has 0 aromatic rings. The van der Waals surface area contributed by atoms with Crippen molar-refractivity contribution in [2.24, 2.45) is 5.92 Å². The third kappa shape index (κ3) is 1.86. The zero-order valence-electron chi connectivity index (χ0n) is 8.17. The Balaban J connectivity index is 2.58. The van der Waals surface area contributed by atoms with Crippen molar-refractivity contribution >= 4 is 5.78 Å². The lowest BCUT2D eigenvalue weighted by Crippen LogP contribution is -2.39. The van der Waals surface area contributed by atoms with Gasteiger partial charge in [0.15, 0.2) is 5.78 Å². The van der Waals surface area contributed by atoms with Gasteiger partial charge in [-0.2, -0.15) is 0 Å². The SMILES string of the molecule is CC[C@H]1CC(=O)C(C)O[C@H]1CC. The van der Waals surface area contributed by atoms with E-state index in [4.69, 9.17) is 4.74 Å². The molecule has 0 bridgehead atoms. The standard InChI is InChI=1S/C10H18O2/c1-4-8-6-9(11)7(3)12-10(8)5-2/h7-8,10H,4-6H2,1-3H3/t7?,8-,10-/m0/s1. The molecule has 1 unspecified atom stereocenters. The van der Waals surface area contributed by atoms with E-state index < -0.39 is 0 Å². The highest BCUT2D eigenvalue weighted by Crippen LogP contribution is 2.26. The third-order valence-corrected chi connectivity index (χ3v) is 2.75. The predicted octanol–water partition coefficient (Wildman–Crippen LogP) is 2.17. The van der Waals surface area contributed by atoms with Crippen molar-refractivity contribution in [2.75, 3.05) is 0 Å². The van der Waals surface area contributed by atoms with Gasteiger partial charge in [-0.05, 0) is 19.3 Å². The Bertz CT molecular complexity index is 165. The van der Waals surface area contributed by atoms with E-state index in [2.05, 4.69) is 13.8 Å². The zero-order valence-corrected chi connectivity index (χ0v) is 8.17. The van der Waals surface area contributed by atoms with Crippen LogP contribution >= 0.6 is 0 Å². The molecule has 3 atom stereocenters. The molecule has 1 saturated heterocycles. The first-order chi connectivity index (χ1) is 5.69. The van der Waals surface area contributed by atoms with Crippen LogP contribution in [0.2, 0.25) is 0 Å². The fraction of sp³-hybridized carbons (Fsp3) is 0.900. The fourth-order valence-corrected chi connectivity index (χ4v) is 1.84. The van der Waals surface area contributed by atoms with Gasteiger partial charge >= 0.3 is 0 Å². The average molecular weight is 170 g/mol. The maximum atomic E-state index is 11.3. The number of ketones is 1. The highest BCUT2D eigenvalue weighted by atomic mass is 16.5. The molecular formula is C10H18O2. The number of carbonyl (C=O) groups is 1. The molecular weight excluding hydrogens is 152 g/mol. The van der Waals surface area contributed by atoms with E-state index in [0.29, 0.717) is 12.0 Å². The second kappa shape index (κ2) is 4.04. The average Bonchev–Trinajstić information content (AvgIpc) is 2.09. The number of hydrogen-bond donors (Lipinski definition) is 0. The van der Waals surface area contributed by atoms with Gasteiger partial charge in [0.25, 0.3) is 0 Å². The highest BCUT2D eigenvalue weighted by molar-refractivity contribution is 5.83. The number of ether oxygens (including phenoxy) is 1. The molecule has 2 heteroatoms. The smallest absolute Gasteiger partial charge is 0.161 e. The van der Waals surface area contributed by atoms with Crippen LogP contribution < -0.4 is 0 Å². The molecule has 1 aliphatic heterocycles. The van der Waals surface area contributed by atoms with Crippen LogP contribution in [0.3, 0.4) is 0 Å². The maximum absolute atomic E-state index is 11.3. The molecule has 1 aliphatic rings. The van der Waals surface area contributed by atoms with Gasteiger partial charge in [0, 0.05) is 6.42 Å². The van der Waals surface area contributed by atoms with Crippen molar-refractivity contribution in [2.45, 2.75) is 52.2 Å². The quantitative estimate of drug-likeness (QED) is 0.635. The summed E-state index contributed by atoms with van der Waals surface area (Å²) in [5, 5.41) is 0. The summed E-state index contributed by atoms with van der Waals surface area (Å²) in [7, 11) is 0. The molecule has 1 heterocycles. The Kier molecular flexibility index (Phi) is 3.27. The summed E-state index contributed by atoms with van der Waals surface area (Å²) in [5.41, 5.74) is 0. The molecule has 1 fully saturated rings. The van der Waals surface area contributed by atoms with Crippen LogP contribution in [0.5, 0.6) is 0 Å². The van der Waals surface area contributed by atoms with Gasteiger partial charge in [0.2, 0.25) is 0 Å². The Hall–Kier alpha value is -0.370. The van der Waals surface area contributed by atoms with E-state index in [1.54, 1.807) is 0 Å². The lowest BCUT2D eigenvalue weighted by atomic mass is 9.88. The van der Waals surface area contributed by atoms with Crippen molar-refractivity contribution in [1.29, 1.82) is 0 Å². The number of rotatable bonds is 2. The van der Waals surface area contributed by atoms with Crippen LogP contribution in [0.1, 0.15) is 40.0 Å². The van der Waals surface area contributed by atoms with E-state index in [1.165, 1.54) is 0 Å². The molecule has 12 heavy (non-hydrogen) atoms.